The van der Waals surface area contributed by atoms with Gasteiger partial charge in [-0.1, -0.05) is 0 Å². The van der Waals surface area contributed by atoms with Gasteiger partial charge in [0.2, 0.25) is 0 Å². The fourth-order valence-corrected chi connectivity index (χ4v) is 1.89. The topological polar surface area (TPSA) is 76.1 Å². The van der Waals surface area contributed by atoms with Gasteiger partial charge in [-0.25, -0.2) is 4.79 Å². The summed E-state index contributed by atoms with van der Waals surface area (Å²) in [4.78, 5) is 24.4. The summed E-state index contributed by atoms with van der Waals surface area (Å²) in [6, 6.07) is 0. The third-order valence-corrected chi connectivity index (χ3v) is 3.28. The zero-order valence-electron chi connectivity index (χ0n) is 10.5. The molecule has 0 aromatic heterocycles. The zero-order chi connectivity index (χ0) is 13.1. The second kappa shape index (κ2) is 5.67. The molecule has 1 aliphatic carbocycles. The molecule has 2 aliphatic rings. The van der Waals surface area contributed by atoms with Crippen molar-refractivity contribution in [1.82, 2.24) is 4.90 Å². The highest BCUT2D eigenvalue weighted by atomic mass is 16.5. The van der Waals surface area contributed by atoms with Gasteiger partial charge in [0.15, 0.2) is 6.10 Å². The van der Waals surface area contributed by atoms with E-state index in [1.165, 1.54) is 17.7 Å². The van der Waals surface area contributed by atoms with Crippen LogP contribution in [0.2, 0.25) is 0 Å². The van der Waals surface area contributed by atoms with E-state index in [4.69, 9.17) is 14.6 Å². The summed E-state index contributed by atoms with van der Waals surface area (Å²) in [5.41, 5.74) is 0. The summed E-state index contributed by atoms with van der Waals surface area (Å²) in [6.45, 7) is 3.14. The first-order chi connectivity index (χ1) is 8.58. The molecular formula is C12H19NO5. The average Bonchev–Trinajstić information content (AvgIpc) is 3.19. The Balaban J connectivity index is 1.80. The normalized spacial score (nSPS) is 25.8. The molecular weight excluding hydrogens is 238 g/mol. The lowest BCUT2D eigenvalue weighted by atomic mass is 10.2. The molecule has 2 unspecified atom stereocenters. The van der Waals surface area contributed by atoms with E-state index in [-0.39, 0.29) is 19.1 Å². The molecule has 1 aliphatic heterocycles. The Morgan fingerprint density at radius 2 is 2.22 bits per heavy atom. The van der Waals surface area contributed by atoms with Gasteiger partial charge in [-0.2, -0.15) is 0 Å². The number of carbonyl (C=O) groups is 2. The quantitative estimate of drug-likeness (QED) is 0.756. The second-order valence-electron chi connectivity index (χ2n) is 4.90. The molecule has 18 heavy (non-hydrogen) atoms. The molecule has 0 aromatic rings. The number of hydrogen-bond acceptors (Lipinski definition) is 4. The second-order valence-corrected chi connectivity index (χ2v) is 4.90. The minimum Gasteiger partial charge on any atom is -0.479 e. The predicted octanol–water partition coefficient (Wildman–Crippen LogP) is 0.114. The molecule has 0 bridgehead atoms. The number of amides is 1. The van der Waals surface area contributed by atoms with Crippen molar-refractivity contribution in [2.45, 2.75) is 32.0 Å². The van der Waals surface area contributed by atoms with E-state index in [1.54, 1.807) is 6.92 Å². The van der Waals surface area contributed by atoms with Gasteiger partial charge >= 0.3 is 5.97 Å². The van der Waals surface area contributed by atoms with Crippen molar-refractivity contribution in [1.29, 1.82) is 0 Å². The smallest absolute Gasteiger partial charge is 0.334 e. The number of carboxylic acid groups (broad SMARTS) is 1. The number of nitrogens with zero attached hydrogens (tertiary/aromatic N) is 1. The monoisotopic (exact) mass is 257 g/mol. The van der Waals surface area contributed by atoms with E-state index in [0.717, 1.165) is 0 Å². The molecule has 2 fully saturated rings. The minimum absolute atomic E-state index is 0.102. The van der Waals surface area contributed by atoms with Gasteiger partial charge in [0.25, 0.3) is 5.91 Å². The first-order valence-electron chi connectivity index (χ1n) is 6.32. The van der Waals surface area contributed by atoms with Crippen molar-refractivity contribution in [3.8, 4) is 0 Å². The Kier molecular flexibility index (Phi) is 4.19. The van der Waals surface area contributed by atoms with Crippen LogP contribution in [0.15, 0.2) is 0 Å². The number of aliphatic carboxylic acids is 1. The predicted molar refractivity (Wildman–Crippen MR) is 62.1 cm³/mol. The molecule has 6 heteroatoms. The SMILES string of the molecule is CC(OCC1CC1)C(=O)N1CCOC(C(=O)O)C1. The molecule has 0 spiro atoms. The van der Waals surface area contributed by atoms with Crippen LogP contribution < -0.4 is 0 Å². The van der Waals surface area contributed by atoms with Crippen molar-refractivity contribution < 1.29 is 24.2 Å². The molecule has 2 atom stereocenters. The average molecular weight is 257 g/mol. The van der Waals surface area contributed by atoms with Gasteiger partial charge in [0, 0.05) is 6.54 Å². The molecule has 1 N–H and O–H groups in total. The standard InChI is InChI=1S/C12H19NO5/c1-8(18-7-9-2-3-9)11(14)13-4-5-17-10(6-13)12(15)16/h8-10H,2-7H2,1H3,(H,15,16). The lowest BCUT2D eigenvalue weighted by Crippen LogP contribution is -2.51. The summed E-state index contributed by atoms with van der Waals surface area (Å²) in [7, 11) is 0. The van der Waals surface area contributed by atoms with E-state index in [9.17, 15) is 9.59 Å². The third-order valence-electron chi connectivity index (χ3n) is 3.28. The number of hydrogen-bond donors (Lipinski definition) is 1. The van der Waals surface area contributed by atoms with Crippen LogP contribution in [0.25, 0.3) is 0 Å². The Hall–Kier alpha value is -1.14. The molecule has 2 rings (SSSR count). The van der Waals surface area contributed by atoms with Crippen LogP contribution in [0.3, 0.4) is 0 Å². The lowest BCUT2D eigenvalue weighted by Gasteiger charge is -2.32. The van der Waals surface area contributed by atoms with Crippen molar-refractivity contribution in [2.24, 2.45) is 5.92 Å². The van der Waals surface area contributed by atoms with Crippen LogP contribution in [-0.4, -0.2) is 60.4 Å². The molecule has 1 saturated heterocycles. The van der Waals surface area contributed by atoms with Crippen molar-refractivity contribution >= 4 is 11.9 Å². The summed E-state index contributed by atoms with van der Waals surface area (Å²) >= 11 is 0. The van der Waals surface area contributed by atoms with Crippen LogP contribution in [-0.2, 0) is 19.1 Å². The summed E-state index contributed by atoms with van der Waals surface area (Å²) in [5.74, 6) is -0.569. The number of ether oxygens (including phenoxy) is 2. The maximum Gasteiger partial charge on any atom is 0.334 e. The number of carboxylic acids is 1. The van der Waals surface area contributed by atoms with Gasteiger partial charge in [-0.3, -0.25) is 4.79 Å². The number of morpholine rings is 1. The Bertz CT molecular complexity index is 328. The Morgan fingerprint density at radius 1 is 1.50 bits per heavy atom. The molecule has 0 aromatic carbocycles. The van der Waals surface area contributed by atoms with E-state index >= 15 is 0 Å². The Labute approximate surface area is 106 Å². The first kappa shape index (κ1) is 13.3. The van der Waals surface area contributed by atoms with Crippen LogP contribution in [0, 0.1) is 5.92 Å². The molecule has 6 nitrogen and oxygen atoms in total. The summed E-state index contributed by atoms with van der Waals surface area (Å²) in [5, 5.41) is 8.87. The van der Waals surface area contributed by atoms with Gasteiger partial charge in [-0.15, -0.1) is 0 Å². The molecule has 1 heterocycles. The highest BCUT2D eigenvalue weighted by Crippen LogP contribution is 2.29. The Morgan fingerprint density at radius 3 is 2.83 bits per heavy atom. The highest BCUT2D eigenvalue weighted by Gasteiger charge is 2.32. The largest absolute Gasteiger partial charge is 0.479 e. The summed E-state index contributed by atoms with van der Waals surface area (Å²) in [6.07, 6.45) is 0.940. The van der Waals surface area contributed by atoms with Crippen LogP contribution in [0.1, 0.15) is 19.8 Å². The minimum atomic E-state index is -1.03. The molecule has 0 radical (unpaired) electrons. The van der Waals surface area contributed by atoms with Crippen molar-refractivity contribution in [2.75, 3.05) is 26.3 Å². The summed E-state index contributed by atoms with van der Waals surface area (Å²) < 4.78 is 10.6. The highest BCUT2D eigenvalue weighted by molar-refractivity contribution is 5.82. The maximum atomic E-state index is 12.1. The van der Waals surface area contributed by atoms with Crippen molar-refractivity contribution in [3.05, 3.63) is 0 Å². The van der Waals surface area contributed by atoms with Crippen LogP contribution in [0.5, 0.6) is 0 Å². The van der Waals surface area contributed by atoms with Gasteiger partial charge in [0.1, 0.15) is 6.10 Å². The third kappa shape index (κ3) is 3.43. The molecule has 102 valence electrons. The van der Waals surface area contributed by atoms with Gasteiger partial charge < -0.3 is 19.5 Å². The van der Waals surface area contributed by atoms with E-state index < -0.39 is 18.2 Å². The molecule has 1 saturated carbocycles. The van der Waals surface area contributed by atoms with Crippen LogP contribution in [0.4, 0.5) is 0 Å². The zero-order valence-corrected chi connectivity index (χ0v) is 10.5. The fourth-order valence-electron chi connectivity index (χ4n) is 1.89. The van der Waals surface area contributed by atoms with E-state index in [2.05, 4.69) is 0 Å². The number of rotatable bonds is 5. The van der Waals surface area contributed by atoms with E-state index in [1.807, 2.05) is 0 Å². The van der Waals surface area contributed by atoms with Gasteiger partial charge in [0.05, 0.1) is 19.8 Å². The van der Waals surface area contributed by atoms with Crippen LogP contribution >= 0.6 is 0 Å². The van der Waals surface area contributed by atoms with Crippen molar-refractivity contribution in [3.63, 3.8) is 0 Å². The molecule has 1 amide bonds. The fraction of sp³-hybridized carbons (Fsp3) is 0.833. The maximum absolute atomic E-state index is 12.1. The first-order valence-corrected chi connectivity index (χ1v) is 6.32. The van der Waals surface area contributed by atoms with E-state index in [0.29, 0.717) is 19.1 Å². The van der Waals surface area contributed by atoms with Gasteiger partial charge in [-0.05, 0) is 25.7 Å². The number of carbonyl (C=O) groups excluding carboxylic acids is 1. The lowest BCUT2D eigenvalue weighted by molar-refractivity contribution is -0.163.